The molecule has 1 N–H and O–H groups in total. The third kappa shape index (κ3) is 4.32. The van der Waals surface area contributed by atoms with Crippen LogP contribution in [-0.2, 0) is 4.79 Å². The van der Waals surface area contributed by atoms with Crippen LogP contribution < -0.4 is 15.0 Å². The Hall–Kier alpha value is -3.56. The molecule has 0 unspecified atom stereocenters. The molecule has 3 aliphatic rings. The maximum absolute atomic E-state index is 14.8. The largest absolute Gasteiger partial charge is 0.489 e. The Morgan fingerprint density at radius 2 is 1.95 bits per heavy atom. The van der Waals surface area contributed by atoms with Gasteiger partial charge < -0.3 is 19.9 Å². The highest BCUT2D eigenvalue weighted by Crippen LogP contribution is 2.41. The van der Waals surface area contributed by atoms with Crippen molar-refractivity contribution < 1.29 is 22.7 Å². The lowest BCUT2D eigenvalue weighted by Gasteiger charge is -2.45. The first-order valence-electron chi connectivity index (χ1n) is 12.6. The van der Waals surface area contributed by atoms with Gasteiger partial charge >= 0.3 is 0 Å². The number of piperazine rings is 1. The van der Waals surface area contributed by atoms with Crippen LogP contribution in [0.5, 0.6) is 5.75 Å². The summed E-state index contributed by atoms with van der Waals surface area (Å²) in [7, 11) is 0. The van der Waals surface area contributed by atoms with Crippen LogP contribution in [0, 0.1) is 18.7 Å². The smallest absolute Gasteiger partial charge is 0.266 e. The van der Waals surface area contributed by atoms with Gasteiger partial charge in [-0.3, -0.25) is 4.79 Å². The Morgan fingerprint density at radius 3 is 2.70 bits per heavy atom. The lowest BCUT2D eigenvalue weighted by molar-refractivity contribution is -0.133. The quantitative estimate of drug-likeness (QED) is 0.520. The number of nitrogens with one attached hydrogen (secondary N) is 1. The van der Waals surface area contributed by atoms with Crippen LogP contribution in [0.1, 0.15) is 49.2 Å². The van der Waals surface area contributed by atoms with E-state index >= 15 is 0 Å². The van der Waals surface area contributed by atoms with Crippen molar-refractivity contribution in [1.82, 2.24) is 14.9 Å². The first-order valence-corrected chi connectivity index (χ1v) is 12.6. The summed E-state index contributed by atoms with van der Waals surface area (Å²) < 4.78 is 47.4. The van der Waals surface area contributed by atoms with E-state index < -0.39 is 23.8 Å². The minimum Gasteiger partial charge on any atom is -0.489 e. The molecular formula is C27H28F3N5O2. The Balaban J connectivity index is 1.32. The van der Waals surface area contributed by atoms with E-state index in [1.54, 1.807) is 13.8 Å². The number of hydrogen-bond acceptors (Lipinski definition) is 6. The molecule has 194 valence electrons. The molecule has 37 heavy (non-hydrogen) atoms. The minimum absolute atomic E-state index is 0.0503. The van der Waals surface area contributed by atoms with Gasteiger partial charge in [0.15, 0.2) is 0 Å². The number of aromatic nitrogens is 2. The molecule has 1 aliphatic carbocycles. The number of aryl methyl sites for hydroxylation is 1. The van der Waals surface area contributed by atoms with Crippen LogP contribution in [-0.4, -0.2) is 53.1 Å². The van der Waals surface area contributed by atoms with E-state index in [0.29, 0.717) is 43.4 Å². The second kappa shape index (κ2) is 9.08. The summed E-state index contributed by atoms with van der Waals surface area (Å²) in [6.07, 6.45) is -0.924. The molecule has 0 spiro atoms. The van der Waals surface area contributed by atoms with Gasteiger partial charge in [0.1, 0.15) is 29.8 Å². The number of carbonyl (C=O) groups excluding carboxylic acids is 1. The normalized spacial score (nSPS) is 19.9. The molecule has 2 aromatic carbocycles. The number of ether oxygens (including phenoxy) is 1. The third-order valence-electron chi connectivity index (χ3n) is 7.46. The fourth-order valence-corrected chi connectivity index (χ4v) is 5.36. The average Bonchev–Trinajstić information content (AvgIpc) is 3.72. The molecule has 2 atom stereocenters. The van der Waals surface area contributed by atoms with Crippen molar-refractivity contribution in [2.24, 2.45) is 5.92 Å². The molecule has 1 saturated carbocycles. The van der Waals surface area contributed by atoms with Crippen molar-refractivity contribution in [2.45, 2.75) is 45.2 Å². The van der Waals surface area contributed by atoms with Gasteiger partial charge in [-0.25, -0.2) is 23.1 Å². The average molecular weight is 512 g/mol. The molecule has 7 nitrogen and oxygen atoms in total. The zero-order valence-electron chi connectivity index (χ0n) is 20.7. The van der Waals surface area contributed by atoms with Crippen molar-refractivity contribution in [3.8, 4) is 5.75 Å². The number of carbonyl (C=O) groups is 1. The SMILES string of the molecule is Cc1nc(N[C@H](C)c2cccc(C(F)F)c2F)c2cc3c(cc2n1)OC[C@H]1CN(C(=O)C2CC2)CCN31. The van der Waals surface area contributed by atoms with E-state index in [2.05, 4.69) is 20.2 Å². The van der Waals surface area contributed by atoms with Crippen molar-refractivity contribution in [3.05, 3.63) is 53.1 Å². The van der Waals surface area contributed by atoms with Crippen LogP contribution in [0.25, 0.3) is 10.9 Å². The van der Waals surface area contributed by atoms with Crippen molar-refractivity contribution >= 4 is 28.3 Å². The second-order valence-electron chi connectivity index (χ2n) is 10.1. The molecule has 3 aromatic rings. The van der Waals surface area contributed by atoms with Crippen LogP contribution in [0.2, 0.25) is 0 Å². The van der Waals surface area contributed by atoms with Gasteiger partial charge in [-0.05, 0) is 32.8 Å². The van der Waals surface area contributed by atoms with E-state index in [1.807, 2.05) is 17.0 Å². The van der Waals surface area contributed by atoms with Gasteiger partial charge in [-0.1, -0.05) is 18.2 Å². The van der Waals surface area contributed by atoms with Crippen LogP contribution in [0.3, 0.4) is 0 Å². The Labute approximate surface area is 212 Å². The molecule has 1 saturated heterocycles. The highest BCUT2D eigenvalue weighted by Gasteiger charge is 2.39. The second-order valence-corrected chi connectivity index (χ2v) is 10.1. The molecular weight excluding hydrogens is 483 g/mol. The monoisotopic (exact) mass is 511 g/mol. The summed E-state index contributed by atoms with van der Waals surface area (Å²) >= 11 is 0. The van der Waals surface area contributed by atoms with Gasteiger partial charge in [0.25, 0.3) is 6.43 Å². The summed E-state index contributed by atoms with van der Waals surface area (Å²) in [6, 6.07) is 7.31. The molecule has 0 bridgehead atoms. The summed E-state index contributed by atoms with van der Waals surface area (Å²) in [5.74, 6) is 1.25. The highest BCUT2D eigenvalue weighted by atomic mass is 19.3. The lowest BCUT2D eigenvalue weighted by Crippen LogP contribution is -2.58. The fourth-order valence-electron chi connectivity index (χ4n) is 5.36. The standard InChI is InChI=1S/C27H28F3N5O2/c1-14(18-4-3-5-19(24(18)28)25(29)30)31-26-20-10-22-23(11-21(20)32-15(2)33-26)37-13-17-12-34(8-9-35(17)22)27(36)16-6-7-16/h3-5,10-11,14,16-17,25H,6-9,12-13H2,1-2H3,(H,31,32,33)/t14-,17-/m1/s1. The van der Waals surface area contributed by atoms with E-state index in [1.165, 1.54) is 12.1 Å². The zero-order chi connectivity index (χ0) is 25.8. The van der Waals surface area contributed by atoms with Gasteiger partial charge in [0.2, 0.25) is 5.91 Å². The topological polar surface area (TPSA) is 70.6 Å². The van der Waals surface area contributed by atoms with Crippen molar-refractivity contribution in [2.75, 3.05) is 36.5 Å². The number of fused-ring (bicyclic) bond motifs is 4. The first kappa shape index (κ1) is 23.8. The number of alkyl halides is 2. The summed E-state index contributed by atoms with van der Waals surface area (Å²) in [6.45, 7) is 5.94. The number of halogens is 3. The summed E-state index contributed by atoms with van der Waals surface area (Å²) in [4.78, 5) is 26.0. The number of rotatable bonds is 5. The zero-order valence-corrected chi connectivity index (χ0v) is 20.7. The van der Waals surface area contributed by atoms with Gasteiger partial charge in [0.05, 0.1) is 28.9 Å². The van der Waals surface area contributed by atoms with Crippen LogP contribution in [0.15, 0.2) is 30.3 Å². The number of nitrogens with zero attached hydrogens (tertiary/aromatic N) is 4. The fraction of sp³-hybridized carbons (Fsp3) is 0.444. The molecule has 0 radical (unpaired) electrons. The lowest BCUT2D eigenvalue weighted by atomic mass is 10.0. The Kier molecular flexibility index (Phi) is 5.84. The predicted molar refractivity (Wildman–Crippen MR) is 134 cm³/mol. The molecule has 10 heteroatoms. The molecule has 1 amide bonds. The van der Waals surface area contributed by atoms with Crippen molar-refractivity contribution in [3.63, 3.8) is 0 Å². The van der Waals surface area contributed by atoms with E-state index in [9.17, 15) is 18.0 Å². The van der Waals surface area contributed by atoms with E-state index in [0.717, 1.165) is 35.7 Å². The Bertz CT molecular complexity index is 1380. The van der Waals surface area contributed by atoms with Gasteiger partial charge in [0, 0.05) is 42.6 Å². The Morgan fingerprint density at radius 1 is 1.16 bits per heavy atom. The predicted octanol–water partition coefficient (Wildman–Crippen LogP) is 5.01. The third-order valence-corrected chi connectivity index (χ3v) is 7.46. The maximum Gasteiger partial charge on any atom is 0.266 e. The molecule has 2 aliphatic heterocycles. The number of amides is 1. The maximum atomic E-state index is 14.8. The number of hydrogen-bond donors (Lipinski definition) is 1. The van der Waals surface area contributed by atoms with E-state index in [4.69, 9.17) is 4.74 Å². The van der Waals surface area contributed by atoms with Crippen molar-refractivity contribution in [1.29, 1.82) is 0 Å². The molecule has 2 fully saturated rings. The minimum atomic E-state index is -2.89. The van der Waals surface area contributed by atoms with Crippen LogP contribution in [0.4, 0.5) is 24.7 Å². The number of benzene rings is 2. The molecule has 1 aromatic heterocycles. The summed E-state index contributed by atoms with van der Waals surface area (Å²) in [5.41, 5.74) is 1.09. The molecule has 3 heterocycles. The van der Waals surface area contributed by atoms with E-state index in [-0.39, 0.29) is 23.4 Å². The first-order chi connectivity index (χ1) is 17.8. The van der Waals surface area contributed by atoms with Gasteiger partial charge in [-0.15, -0.1) is 0 Å². The number of anilines is 2. The molecule has 6 rings (SSSR count). The highest BCUT2D eigenvalue weighted by molar-refractivity contribution is 5.94. The summed E-state index contributed by atoms with van der Waals surface area (Å²) in [5, 5.41) is 3.95. The van der Waals surface area contributed by atoms with Crippen LogP contribution >= 0.6 is 0 Å². The van der Waals surface area contributed by atoms with Gasteiger partial charge in [-0.2, -0.15) is 0 Å².